The van der Waals surface area contributed by atoms with Crippen LogP contribution in [-0.4, -0.2) is 9.78 Å². The molecule has 1 aromatic heterocycles. The van der Waals surface area contributed by atoms with Gasteiger partial charge in [-0.05, 0) is 30.2 Å². The highest BCUT2D eigenvalue weighted by Crippen LogP contribution is 2.35. The molecule has 78 valence electrons. The molecule has 14 heavy (non-hydrogen) atoms. The number of hydrogen-bond acceptors (Lipinski definition) is 2. The lowest BCUT2D eigenvalue weighted by Crippen LogP contribution is -2.23. The Bertz CT molecular complexity index is 350. The van der Waals surface area contributed by atoms with Gasteiger partial charge in [-0.1, -0.05) is 13.8 Å². The van der Waals surface area contributed by atoms with Gasteiger partial charge in [-0.2, -0.15) is 5.10 Å². The molecule has 0 radical (unpaired) electrons. The topological polar surface area (TPSA) is 43.8 Å². The van der Waals surface area contributed by atoms with Crippen molar-refractivity contribution in [2.75, 3.05) is 0 Å². The Morgan fingerprint density at radius 2 is 2.21 bits per heavy atom. The molecule has 0 saturated carbocycles. The number of hydrogen-bond donors (Lipinski definition) is 1. The fourth-order valence-electron chi connectivity index (χ4n) is 2.34. The maximum Gasteiger partial charge on any atom is 0.0795 e. The number of nitrogens with two attached hydrogens (primary N) is 1. The average molecular weight is 193 g/mol. The van der Waals surface area contributed by atoms with Crippen LogP contribution >= 0.6 is 0 Å². The molecule has 0 fully saturated rings. The third-order valence-electron chi connectivity index (χ3n) is 3.25. The third-order valence-corrected chi connectivity index (χ3v) is 3.25. The summed E-state index contributed by atoms with van der Waals surface area (Å²) in [4.78, 5) is 0. The van der Waals surface area contributed by atoms with Crippen LogP contribution in [0.25, 0.3) is 0 Å². The summed E-state index contributed by atoms with van der Waals surface area (Å²) in [5, 5.41) is 4.47. The monoisotopic (exact) mass is 193 g/mol. The van der Waals surface area contributed by atoms with Crippen LogP contribution < -0.4 is 5.73 Å². The van der Waals surface area contributed by atoms with Crippen molar-refractivity contribution in [3.8, 4) is 0 Å². The normalized spacial score (nSPS) is 19.4. The second-order valence-corrected chi connectivity index (χ2v) is 5.04. The van der Waals surface area contributed by atoms with E-state index in [-0.39, 0.29) is 0 Å². The summed E-state index contributed by atoms with van der Waals surface area (Å²) >= 11 is 0. The number of rotatable bonds is 1. The first-order valence-electron chi connectivity index (χ1n) is 5.27. The Balaban J connectivity index is 2.43. The predicted molar refractivity (Wildman–Crippen MR) is 56.9 cm³/mol. The van der Waals surface area contributed by atoms with Gasteiger partial charge in [0, 0.05) is 19.3 Å². The number of aromatic nitrogens is 2. The third kappa shape index (κ3) is 1.46. The zero-order chi connectivity index (χ0) is 10.3. The number of aryl methyl sites for hydroxylation is 1. The minimum absolute atomic E-state index is 0.423. The molecular formula is C11H19N3. The fraction of sp³-hybridized carbons (Fsp3) is 0.727. The molecule has 0 spiro atoms. The van der Waals surface area contributed by atoms with Crippen LogP contribution in [0.1, 0.15) is 37.2 Å². The Morgan fingerprint density at radius 3 is 2.86 bits per heavy atom. The van der Waals surface area contributed by atoms with Crippen molar-refractivity contribution < 1.29 is 0 Å². The van der Waals surface area contributed by atoms with E-state index in [1.807, 2.05) is 11.7 Å². The van der Waals surface area contributed by atoms with Crippen molar-refractivity contribution in [3.05, 3.63) is 17.0 Å². The molecule has 3 heteroatoms. The standard InChI is InChI=1S/C11H19N3/c1-11(2)5-4-8-9(7-12)13-14(3)10(8)6-11/h4-7,12H2,1-3H3. The van der Waals surface area contributed by atoms with Gasteiger partial charge >= 0.3 is 0 Å². The first-order chi connectivity index (χ1) is 6.53. The SMILES string of the molecule is Cn1nc(CN)c2c1CC(C)(C)CC2. The summed E-state index contributed by atoms with van der Waals surface area (Å²) in [5.41, 5.74) is 10.00. The van der Waals surface area contributed by atoms with E-state index in [0.29, 0.717) is 12.0 Å². The molecule has 0 saturated heterocycles. The minimum Gasteiger partial charge on any atom is -0.325 e. The van der Waals surface area contributed by atoms with Gasteiger partial charge in [-0.15, -0.1) is 0 Å². The van der Waals surface area contributed by atoms with Gasteiger partial charge in [0.2, 0.25) is 0 Å². The molecule has 0 atom stereocenters. The van der Waals surface area contributed by atoms with Crippen molar-refractivity contribution in [3.63, 3.8) is 0 Å². The summed E-state index contributed by atoms with van der Waals surface area (Å²) in [7, 11) is 2.03. The van der Waals surface area contributed by atoms with E-state index < -0.39 is 0 Å². The van der Waals surface area contributed by atoms with E-state index in [1.165, 1.54) is 17.7 Å². The molecule has 1 aliphatic carbocycles. The molecule has 0 bridgehead atoms. The molecule has 0 unspecified atom stereocenters. The molecule has 2 N–H and O–H groups in total. The number of nitrogens with zero attached hydrogens (tertiary/aromatic N) is 2. The van der Waals surface area contributed by atoms with E-state index in [4.69, 9.17) is 5.73 Å². The Morgan fingerprint density at radius 1 is 1.50 bits per heavy atom. The molecule has 0 amide bonds. The average Bonchev–Trinajstić information content (AvgIpc) is 2.41. The van der Waals surface area contributed by atoms with Gasteiger partial charge in [0.1, 0.15) is 0 Å². The van der Waals surface area contributed by atoms with Crippen LogP contribution in [0.15, 0.2) is 0 Å². The van der Waals surface area contributed by atoms with E-state index in [2.05, 4.69) is 18.9 Å². The summed E-state index contributed by atoms with van der Waals surface area (Å²) in [6.45, 7) is 5.22. The fourth-order valence-corrected chi connectivity index (χ4v) is 2.34. The second-order valence-electron chi connectivity index (χ2n) is 5.04. The first kappa shape index (κ1) is 9.71. The van der Waals surface area contributed by atoms with Crippen molar-refractivity contribution in [2.24, 2.45) is 18.2 Å². The molecule has 3 nitrogen and oxygen atoms in total. The second kappa shape index (κ2) is 3.09. The summed E-state index contributed by atoms with van der Waals surface area (Å²) in [6.07, 6.45) is 3.52. The molecule has 1 aliphatic rings. The maximum atomic E-state index is 5.68. The van der Waals surface area contributed by atoms with E-state index in [9.17, 15) is 0 Å². The Hall–Kier alpha value is -0.830. The van der Waals surface area contributed by atoms with Crippen molar-refractivity contribution in [1.29, 1.82) is 0 Å². The molecular weight excluding hydrogens is 174 g/mol. The lowest BCUT2D eigenvalue weighted by Gasteiger charge is -2.29. The summed E-state index contributed by atoms with van der Waals surface area (Å²) in [5.74, 6) is 0. The zero-order valence-electron chi connectivity index (χ0n) is 9.30. The highest BCUT2D eigenvalue weighted by molar-refractivity contribution is 5.30. The first-order valence-corrected chi connectivity index (χ1v) is 5.27. The van der Waals surface area contributed by atoms with Crippen LogP contribution in [0, 0.1) is 5.41 Å². The quantitative estimate of drug-likeness (QED) is 0.732. The largest absolute Gasteiger partial charge is 0.325 e. The lowest BCUT2D eigenvalue weighted by atomic mass is 9.76. The van der Waals surface area contributed by atoms with Crippen molar-refractivity contribution >= 4 is 0 Å². The summed E-state index contributed by atoms with van der Waals surface area (Å²) in [6, 6.07) is 0. The van der Waals surface area contributed by atoms with Gasteiger partial charge in [0.05, 0.1) is 5.69 Å². The van der Waals surface area contributed by atoms with E-state index in [1.54, 1.807) is 0 Å². The molecule has 0 aliphatic heterocycles. The predicted octanol–water partition coefficient (Wildman–Crippen LogP) is 1.39. The molecule has 0 aromatic carbocycles. The zero-order valence-corrected chi connectivity index (χ0v) is 9.30. The number of fused-ring (bicyclic) bond motifs is 1. The van der Waals surface area contributed by atoms with E-state index in [0.717, 1.165) is 18.5 Å². The van der Waals surface area contributed by atoms with Crippen LogP contribution in [0.2, 0.25) is 0 Å². The van der Waals surface area contributed by atoms with Gasteiger partial charge in [0.25, 0.3) is 0 Å². The molecule has 1 aromatic rings. The van der Waals surface area contributed by atoms with E-state index >= 15 is 0 Å². The van der Waals surface area contributed by atoms with Crippen LogP contribution in [-0.2, 0) is 26.4 Å². The van der Waals surface area contributed by atoms with Crippen LogP contribution in [0.3, 0.4) is 0 Å². The highest BCUT2D eigenvalue weighted by atomic mass is 15.3. The van der Waals surface area contributed by atoms with Crippen LogP contribution in [0.5, 0.6) is 0 Å². The van der Waals surface area contributed by atoms with Gasteiger partial charge in [-0.25, -0.2) is 0 Å². The van der Waals surface area contributed by atoms with Crippen molar-refractivity contribution in [2.45, 2.75) is 39.7 Å². The Kier molecular flexibility index (Phi) is 2.14. The molecule has 1 heterocycles. The maximum absolute atomic E-state index is 5.68. The van der Waals surface area contributed by atoms with Crippen LogP contribution in [0.4, 0.5) is 0 Å². The van der Waals surface area contributed by atoms with Gasteiger partial charge in [-0.3, -0.25) is 4.68 Å². The van der Waals surface area contributed by atoms with Crippen molar-refractivity contribution in [1.82, 2.24) is 9.78 Å². The molecule has 2 rings (SSSR count). The minimum atomic E-state index is 0.423. The Labute approximate surface area is 85.3 Å². The van der Waals surface area contributed by atoms with Gasteiger partial charge < -0.3 is 5.73 Å². The lowest BCUT2D eigenvalue weighted by molar-refractivity contribution is 0.306. The summed E-state index contributed by atoms with van der Waals surface area (Å²) < 4.78 is 2.01. The highest BCUT2D eigenvalue weighted by Gasteiger charge is 2.29. The van der Waals surface area contributed by atoms with Gasteiger partial charge in [0.15, 0.2) is 0 Å². The smallest absolute Gasteiger partial charge is 0.0795 e.